The van der Waals surface area contributed by atoms with Crippen molar-refractivity contribution in [2.45, 2.75) is 47.5 Å². The molecule has 2 aliphatic rings. The standard InChI is InChI=1S/C15H22O/c1-14(2,3)10-8-12-11(13(16)9-10)6-7-15(12,4)5/h8-9,11H,6-7H2,1-5H3. The van der Waals surface area contributed by atoms with Crippen LogP contribution in [-0.4, -0.2) is 5.78 Å². The van der Waals surface area contributed by atoms with Crippen LogP contribution in [0.25, 0.3) is 0 Å². The van der Waals surface area contributed by atoms with Crippen LogP contribution in [0.1, 0.15) is 47.5 Å². The van der Waals surface area contributed by atoms with Gasteiger partial charge in [0.25, 0.3) is 0 Å². The van der Waals surface area contributed by atoms with Gasteiger partial charge in [0.05, 0.1) is 0 Å². The van der Waals surface area contributed by atoms with E-state index in [4.69, 9.17) is 0 Å². The molecule has 0 aromatic heterocycles. The summed E-state index contributed by atoms with van der Waals surface area (Å²) >= 11 is 0. The Hall–Kier alpha value is -0.850. The lowest BCUT2D eigenvalue weighted by Crippen LogP contribution is -2.23. The average molecular weight is 218 g/mol. The van der Waals surface area contributed by atoms with Gasteiger partial charge in [-0.3, -0.25) is 4.79 Å². The fourth-order valence-corrected chi connectivity index (χ4v) is 2.76. The van der Waals surface area contributed by atoms with E-state index in [-0.39, 0.29) is 16.7 Å². The minimum absolute atomic E-state index is 0.0757. The molecule has 1 heteroatoms. The smallest absolute Gasteiger partial charge is 0.163 e. The molecule has 0 N–H and O–H groups in total. The zero-order chi connectivity index (χ0) is 12.1. The first-order valence-corrected chi connectivity index (χ1v) is 6.20. The molecule has 0 aliphatic heterocycles. The summed E-state index contributed by atoms with van der Waals surface area (Å²) in [5, 5.41) is 0. The molecule has 2 rings (SSSR count). The van der Waals surface area contributed by atoms with E-state index in [2.05, 4.69) is 40.7 Å². The van der Waals surface area contributed by atoms with Crippen LogP contribution < -0.4 is 0 Å². The van der Waals surface area contributed by atoms with Crippen LogP contribution in [0.15, 0.2) is 23.3 Å². The number of rotatable bonds is 0. The second-order valence-corrected chi connectivity index (χ2v) is 6.83. The molecule has 2 aliphatic carbocycles. The van der Waals surface area contributed by atoms with Gasteiger partial charge in [0, 0.05) is 5.92 Å². The van der Waals surface area contributed by atoms with E-state index >= 15 is 0 Å². The van der Waals surface area contributed by atoms with Crippen LogP contribution in [0.3, 0.4) is 0 Å². The molecule has 1 unspecified atom stereocenters. The van der Waals surface area contributed by atoms with E-state index in [1.165, 1.54) is 11.1 Å². The third-order valence-electron chi connectivity index (χ3n) is 4.03. The van der Waals surface area contributed by atoms with Gasteiger partial charge in [-0.25, -0.2) is 0 Å². The Kier molecular flexibility index (Phi) is 2.41. The monoisotopic (exact) mass is 218 g/mol. The molecular weight excluding hydrogens is 196 g/mol. The molecule has 0 saturated heterocycles. The first-order valence-electron chi connectivity index (χ1n) is 6.20. The Balaban J connectivity index is 2.45. The number of ketones is 1. The maximum atomic E-state index is 12.1. The van der Waals surface area contributed by atoms with Crippen molar-refractivity contribution in [1.82, 2.24) is 0 Å². The van der Waals surface area contributed by atoms with Crippen molar-refractivity contribution < 1.29 is 4.79 Å². The van der Waals surface area contributed by atoms with Gasteiger partial charge in [-0.1, -0.05) is 46.3 Å². The summed E-state index contributed by atoms with van der Waals surface area (Å²) in [6, 6.07) is 0. The summed E-state index contributed by atoms with van der Waals surface area (Å²) < 4.78 is 0. The van der Waals surface area contributed by atoms with Crippen molar-refractivity contribution >= 4 is 5.78 Å². The van der Waals surface area contributed by atoms with Gasteiger partial charge in [0.15, 0.2) is 5.78 Å². The van der Waals surface area contributed by atoms with Gasteiger partial charge in [-0.15, -0.1) is 0 Å². The fraction of sp³-hybridized carbons (Fsp3) is 0.667. The maximum Gasteiger partial charge on any atom is 0.163 e. The molecule has 1 atom stereocenters. The predicted octanol–water partition coefficient (Wildman–Crippen LogP) is 3.90. The minimum atomic E-state index is 0.0757. The lowest BCUT2D eigenvalue weighted by molar-refractivity contribution is -0.117. The molecule has 1 fully saturated rings. The minimum Gasteiger partial charge on any atom is -0.294 e. The molecular formula is C15H22O. The first-order chi connectivity index (χ1) is 7.22. The van der Waals surface area contributed by atoms with Crippen LogP contribution in [0.2, 0.25) is 0 Å². The molecule has 16 heavy (non-hydrogen) atoms. The highest BCUT2D eigenvalue weighted by molar-refractivity contribution is 5.97. The van der Waals surface area contributed by atoms with E-state index < -0.39 is 0 Å². The van der Waals surface area contributed by atoms with Crippen LogP contribution in [0.5, 0.6) is 0 Å². The molecule has 0 amide bonds. The highest BCUT2D eigenvalue weighted by Gasteiger charge is 2.41. The van der Waals surface area contributed by atoms with E-state index in [9.17, 15) is 4.79 Å². The molecule has 1 saturated carbocycles. The molecule has 1 nitrogen and oxygen atoms in total. The fourth-order valence-electron chi connectivity index (χ4n) is 2.76. The van der Waals surface area contributed by atoms with Gasteiger partial charge >= 0.3 is 0 Å². The summed E-state index contributed by atoms with van der Waals surface area (Å²) in [6.07, 6.45) is 6.33. The van der Waals surface area contributed by atoms with E-state index in [1.807, 2.05) is 6.08 Å². The van der Waals surface area contributed by atoms with Crippen molar-refractivity contribution in [3.05, 3.63) is 23.3 Å². The summed E-state index contributed by atoms with van der Waals surface area (Å²) in [5.74, 6) is 0.508. The number of fused-ring (bicyclic) bond motifs is 1. The molecule has 0 bridgehead atoms. The number of allylic oxidation sites excluding steroid dienone is 4. The average Bonchev–Trinajstić information content (AvgIpc) is 2.41. The van der Waals surface area contributed by atoms with Gasteiger partial charge in [0.1, 0.15) is 0 Å². The lowest BCUT2D eigenvalue weighted by atomic mass is 9.74. The topological polar surface area (TPSA) is 17.1 Å². The largest absolute Gasteiger partial charge is 0.294 e. The van der Waals surface area contributed by atoms with Crippen LogP contribution >= 0.6 is 0 Å². The first kappa shape index (κ1) is 11.6. The number of carbonyl (C=O) groups excluding carboxylic acids is 1. The molecule has 0 aromatic carbocycles. The van der Waals surface area contributed by atoms with Gasteiger partial charge in [-0.05, 0) is 35.3 Å². The third-order valence-corrected chi connectivity index (χ3v) is 4.03. The molecule has 0 heterocycles. The molecule has 0 spiro atoms. The third kappa shape index (κ3) is 1.77. The number of hydrogen-bond acceptors (Lipinski definition) is 1. The van der Waals surface area contributed by atoms with Crippen molar-refractivity contribution in [2.24, 2.45) is 16.7 Å². The van der Waals surface area contributed by atoms with Crippen LogP contribution in [0, 0.1) is 16.7 Å². The van der Waals surface area contributed by atoms with Crippen molar-refractivity contribution in [3.63, 3.8) is 0 Å². The SMILES string of the molecule is CC(C)(C)C1=CC(=O)C2CCC(C)(C)C2=C1. The number of hydrogen-bond donors (Lipinski definition) is 0. The Morgan fingerprint density at radius 3 is 2.44 bits per heavy atom. The normalized spacial score (nSPS) is 28.6. The Bertz CT molecular complexity index is 388. The van der Waals surface area contributed by atoms with Crippen LogP contribution in [0.4, 0.5) is 0 Å². The quantitative estimate of drug-likeness (QED) is 0.602. The van der Waals surface area contributed by atoms with Crippen LogP contribution in [-0.2, 0) is 4.79 Å². The van der Waals surface area contributed by atoms with Crippen molar-refractivity contribution in [3.8, 4) is 0 Å². The van der Waals surface area contributed by atoms with Crippen molar-refractivity contribution in [2.75, 3.05) is 0 Å². The Morgan fingerprint density at radius 1 is 1.25 bits per heavy atom. The number of carbonyl (C=O) groups is 1. The zero-order valence-corrected chi connectivity index (χ0v) is 11.1. The Morgan fingerprint density at radius 2 is 1.88 bits per heavy atom. The van der Waals surface area contributed by atoms with Crippen molar-refractivity contribution in [1.29, 1.82) is 0 Å². The molecule has 0 aromatic rings. The summed E-state index contributed by atoms with van der Waals surface area (Å²) in [6.45, 7) is 11.0. The molecule has 0 radical (unpaired) electrons. The van der Waals surface area contributed by atoms with Gasteiger partial charge in [-0.2, -0.15) is 0 Å². The van der Waals surface area contributed by atoms with Gasteiger partial charge < -0.3 is 0 Å². The summed E-state index contributed by atoms with van der Waals surface area (Å²) in [4.78, 5) is 12.1. The predicted molar refractivity (Wildman–Crippen MR) is 67.1 cm³/mol. The van der Waals surface area contributed by atoms with Gasteiger partial charge in [0.2, 0.25) is 0 Å². The molecule has 88 valence electrons. The Labute approximate surface area is 98.6 Å². The maximum absolute atomic E-state index is 12.1. The van der Waals surface area contributed by atoms with E-state index in [1.54, 1.807) is 0 Å². The second-order valence-electron chi connectivity index (χ2n) is 6.83. The highest BCUT2D eigenvalue weighted by atomic mass is 16.1. The second kappa shape index (κ2) is 3.32. The lowest BCUT2D eigenvalue weighted by Gasteiger charge is -2.30. The summed E-state index contributed by atoms with van der Waals surface area (Å²) in [7, 11) is 0. The zero-order valence-electron chi connectivity index (χ0n) is 11.1. The summed E-state index contributed by atoms with van der Waals surface area (Å²) in [5.41, 5.74) is 2.85. The van der Waals surface area contributed by atoms with E-state index in [0.717, 1.165) is 12.8 Å². The highest BCUT2D eigenvalue weighted by Crippen LogP contribution is 2.49. The van der Waals surface area contributed by atoms with E-state index in [0.29, 0.717) is 5.78 Å².